The second-order valence-corrected chi connectivity index (χ2v) is 6.81. The molecule has 0 spiro atoms. The molecule has 3 rings (SSSR count). The maximum absolute atomic E-state index is 12.9. The van der Waals surface area contributed by atoms with E-state index >= 15 is 0 Å². The van der Waals surface area contributed by atoms with E-state index in [0.717, 1.165) is 6.07 Å². The Hall–Kier alpha value is -1.96. The number of carbonyl (C=O) groups excluding carboxylic acids is 1. The van der Waals surface area contributed by atoms with E-state index in [9.17, 15) is 18.0 Å². The fraction of sp³-hybridized carbons (Fsp3) is 0.316. The van der Waals surface area contributed by atoms with Crippen LogP contribution in [0.15, 0.2) is 48.5 Å². The van der Waals surface area contributed by atoms with Gasteiger partial charge in [0, 0.05) is 42.6 Å². The molecule has 0 radical (unpaired) electrons. The number of anilines is 2. The quantitative estimate of drug-likeness (QED) is 0.768. The Kier molecular flexibility index (Phi) is 7.57. The maximum atomic E-state index is 12.9. The highest BCUT2D eigenvalue weighted by Gasteiger charge is 2.31. The molecule has 0 bridgehead atoms. The summed E-state index contributed by atoms with van der Waals surface area (Å²) in [6.45, 7) is 2.54. The fourth-order valence-corrected chi connectivity index (χ4v) is 3.20. The molecule has 1 saturated heterocycles. The molecule has 152 valence electrons. The summed E-state index contributed by atoms with van der Waals surface area (Å²) in [5.41, 5.74) is 0.534. The van der Waals surface area contributed by atoms with Crippen LogP contribution in [0.2, 0.25) is 5.02 Å². The van der Waals surface area contributed by atoms with Crippen LogP contribution >= 0.6 is 24.0 Å². The van der Waals surface area contributed by atoms with E-state index in [0.29, 0.717) is 42.6 Å². The van der Waals surface area contributed by atoms with Crippen molar-refractivity contribution in [3.05, 3.63) is 59.1 Å². The smallest absolute Gasteiger partial charge is 0.369 e. The molecule has 0 saturated carbocycles. The van der Waals surface area contributed by atoms with E-state index in [1.54, 1.807) is 30.3 Å². The Morgan fingerprint density at radius 2 is 1.71 bits per heavy atom. The Labute approximate surface area is 172 Å². The third-order valence-corrected chi connectivity index (χ3v) is 4.62. The lowest BCUT2D eigenvalue weighted by molar-refractivity contribution is -0.137. The Bertz CT molecular complexity index is 809. The third-order valence-electron chi connectivity index (χ3n) is 4.39. The van der Waals surface area contributed by atoms with E-state index in [-0.39, 0.29) is 24.9 Å². The largest absolute Gasteiger partial charge is 0.416 e. The average Bonchev–Trinajstić information content (AvgIpc) is 2.62. The average molecular weight is 434 g/mol. The molecule has 1 aliphatic heterocycles. The first-order chi connectivity index (χ1) is 12.8. The van der Waals surface area contributed by atoms with Gasteiger partial charge in [-0.3, -0.25) is 9.69 Å². The first-order valence-electron chi connectivity index (χ1n) is 8.51. The molecule has 4 nitrogen and oxygen atoms in total. The van der Waals surface area contributed by atoms with Crippen LogP contribution in [0.3, 0.4) is 0 Å². The van der Waals surface area contributed by atoms with Gasteiger partial charge >= 0.3 is 6.18 Å². The van der Waals surface area contributed by atoms with E-state index < -0.39 is 11.7 Å². The van der Waals surface area contributed by atoms with E-state index in [1.807, 2.05) is 9.80 Å². The Morgan fingerprint density at radius 3 is 2.36 bits per heavy atom. The molecule has 1 fully saturated rings. The fourth-order valence-electron chi connectivity index (χ4n) is 3.01. The predicted octanol–water partition coefficient (Wildman–Crippen LogP) is 4.54. The highest BCUT2D eigenvalue weighted by atomic mass is 35.5. The van der Waals surface area contributed by atoms with Crippen LogP contribution in [0.5, 0.6) is 0 Å². The zero-order valence-electron chi connectivity index (χ0n) is 14.9. The van der Waals surface area contributed by atoms with Gasteiger partial charge in [-0.25, -0.2) is 0 Å². The molecular formula is C19H20Cl2F3N3O. The summed E-state index contributed by atoms with van der Waals surface area (Å²) in [6, 6.07) is 12.2. The van der Waals surface area contributed by atoms with Crippen molar-refractivity contribution < 1.29 is 18.0 Å². The van der Waals surface area contributed by atoms with Crippen molar-refractivity contribution >= 4 is 41.3 Å². The van der Waals surface area contributed by atoms with Crippen molar-refractivity contribution in [1.82, 2.24) is 4.90 Å². The molecule has 1 aliphatic rings. The molecule has 0 atom stereocenters. The van der Waals surface area contributed by atoms with Crippen LogP contribution in [0.1, 0.15) is 5.56 Å². The summed E-state index contributed by atoms with van der Waals surface area (Å²) in [7, 11) is 0. The molecule has 1 heterocycles. The number of hydrogen-bond donors (Lipinski definition) is 1. The summed E-state index contributed by atoms with van der Waals surface area (Å²) in [6.07, 6.45) is -4.35. The number of amides is 1. The lowest BCUT2D eigenvalue weighted by Gasteiger charge is -2.36. The van der Waals surface area contributed by atoms with Crippen LogP contribution in [0.25, 0.3) is 0 Å². The molecule has 9 heteroatoms. The van der Waals surface area contributed by atoms with Crippen molar-refractivity contribution in [1.29, 1.82) is 0 Å². The number of nitrogens with zero attached hydrogens (tertiary/aromatic N) is 2. The van der Waals surface area contributed by atoms with E-state index in [2.05, 4.69) is 5.32 Å². The topological polar surface area (TPSA) is 35.6 Å². The summed E-state index contributed by atoms with van der Waals surface area (Å²) >= 11 is 5.90. The summed E-state index contributed by atoms with van der Waals surface area (Å²) < 4.78 is 38.6. The van der Waals surface area contributed by atoms with Gasteiger partial charge in [-0.1, -0.05) is 23.7 Å². The number of hydrogen-bond acceptors (Lipinski definition) is 3. The zero-order valence-corrected chi connectivity index (χ0v) is 16.4. The molecule has 0 aromatic heterocycles. The minimum atomic E-state index is -4.35. The normalized spacial score (nSPS) is 15.1. The SMILES string of the molecule is Cl.O=C(CN1CCN(c2cccc(C(F)(F)F)c2)CC1)Nc1cccc(Cl)c1. The number of halogens is 5. The Balaban J connectivity index is 0.00000280. The third kappa shape index (κ3) is 6.02. The van der Waals surface area contributed by atoms with E-state index in [4.69, 9.17) is 11.6 Å². The molecule has 0 aliphatic carbocycles. The van der Waals surface area contributed by atoms with Gasteiger partial charge in [-0.15, -0.1) is 12.4 Å². The van der Waals surface area contributed by atoms with Crippen molar-refractivity contribution in [2.75, 3.05) is 42.9 Å². The first-order valence-corrected chi connectivity index (χ1v) is 8.89. The molecule has 0 unspecified atom stereocenters. The molecule has 28 heavy (non-hydrogen) atoms. The maximum Gasteiger partial charge on any atom is 0.416 e. The van der Waals surface area contributed by atoms with Gasteiger partial charge in [0.1, 0.15) is 0 Å². The van der Waals surface area contributed by atoms with E-state index in [1.165, 1.54) is 12.1 Å². The second-order valence-electron chi connectivity index (χ2n) is 6.37. The highest BCUT2D eigenvalue weighted by Crippen LogP contribution is 2.31. The first kappa shape index (κ1) is 22.3. The van der Waals surface area contributed by atoms with Crippen LogP contribution in [0.4, 0.5) is 24.5 Å². The molecule has 1 amide bonds. The zero-order chi connectivity index (χ0) is 19.4. The van der Waals surface area contributed by atoms with Crippen molar-refractivity contribution in [3.63, 3.8) is 0 Å². The van der Waals surface area contributed by atoms with Crippen molar-refractivity contribution in [3.8, 4) is 0 Å². The molecule has 1 N–H and O–H groups in total. The number of carbonyl (C=O) groups is 1. The van der Waals surface area contributed by atoms with Crippen LogP contribution in [-0.2, 0) is 11.0 Å². The minimum absolute atomic E-state index is 0. The van der Waals surface area contributed by atoms with Gasteiger partial charge < -0.3 is 10.2 Å². The van der Waals surface area contributed by atoms with Gasteiger partial charge in [0.15, 0.2) is 0 Å². The lowest BCUT2D eigenvalue weighted by atomic mass is 10.1. The number of alkyl halides is 3. The lowest BCUT2D eigenvalue weighted by Crippen LogP contribution is -2.48. The van der Waals surface area contributed by atoms with Gasteiger partial charge in [0.05, 0.1) is 12.1 Å². The van der Waals surface area contributed by atoms with Crippen LogP contribution in [-0.4, -0.2) is 43.5 Å². The van der Waals surface area contributed by atoms with Crippen LogP contribution in [0, 0.1) is 0 Å². The monoisotopic (exact) mass is 433 g/mol. The number of nitrogens with one attached hydrogen (secondary N) is 1. The van der Waals surface area contributed by atoms with Gasteiger partial charge in [-0.2, -0.15) is 13.2 Å². The standard InChI is InChI=1S/C19H19ClF3N3O.ClH/c20-15-4-2-5-16(12-15)24-18(27)13-25-7-9-26(10-8-25)17-6-1-3-14(11-17)19(21,22)23;/h1-6,11-12H,7-10,13H2,(H,24,27);1H. The van der Waals surface area contributed by atoms with Gasteiger partial charge in [0.25, 0.3) is 0 Å². The van der Waals surface area contributed by atoms with Crippen molar-refractivity contribution in [2.24, 2.45) is 0 Å². The number of benzene rings is 2. The summed E-state index contributed by atoms with van der Waals surface area (Å²) in [5.74, 6) is -0.148. The van der Waals surface area contributed by atoms with Gasteiger partial charge in [0.2, 0.25) is 5.91 Å². The molecular weight excluding hydrogens is 414 g/mol. The number of piperazine rings is 1. The van der Waals surface area contributed by atoms with Gasteiger partial charge in [-0.05, 0) is 36.4 Å². The van der Waals surface area contributed by atoms with Crippen molar-refractivity contribution in [2.45, 2.75) is 6.18 Å². The number of rotatable bonds is 4. The minimum Gasteiger partial charge on any atom is -0.369 e. The Morgan fingerprint density at radius 1 is 1.04 bits per heavy atom. The molecule has 2 aromatic rings. The predicted molar refractivity (Wildman–Crippen MR) is 107 cm³/mol. The van der Waals surface area contributed by atoms with Crippen LogP contribution < -0.4 is 10.2 Å². The molecule has 2 aromatic carbocycles. The summed E-state index contributed by atoms with van der Waals surface area (Å²) in [5, 5.41) is 3.34. The summed E-state index contributed by atoms with van der Waals surface area (Å²) in [4.78, 5) is 16.0. The highest BCUT2D eigenvalue weighted by molar-refractivity contribution is 6.30. The second kappa shape index (κ2) is 9.49.